The van der Waals surface area contributed by atoms with Crippen LogP contribution in [0.15, 0.2) is 65.3 Å². The number of ether oxygens (including phenoxy) is 3. The number of methoxy groups -OCH3 is 2. The maximum atomic E-state index is 13.3. The Labute approximate surface area is 180 Å². The molecule has 7 heteroatoms. The molecular formula is C24H24N2O5. The summed E-state index contributed by atoms with van der Waals surface area (Å²) in [5.41, 5.74) is 2.07. The normalized spacial score (nSPS) is 20.0. The first-order valence-corrected chi connectivity index (χ1v) is 10.2. The number of benzene rings is 2. The Balaban J connectivity index is 1.55. The first kappa shape index (κ1) is 19.5. The third kappa shape index (κ3) is 3.51. The molecule has 3 heterocycles. The summed E-state index contributed by atoms with van der Waals surface area (Å²) in [5.74, 6) is 2.60. The van der Waals surface area contributed by atoms with Crippen LogP contribution in [-0.2, 0) is 6.54 Å². The number of hydrazine groups is 1. The van der Waals surface area contributed by atoms with Crippen molar-refractivity contribution in [1.29, 1.82) is 0 Å². The summed E-state index contributed by atoms with van der Waals surface area (Å²) in [6, 6.07) is 17.3. The van der Waals surface area contributed by atoms with Gasteiger partial charge in [-0.2, -0.15) is 0 Å². The van der Waals surface area contributed by atoms with Crippen LogP contribution in [0.5, 0.6) is 17.2 Å². The summed E-state index contributed by atoms with van der Waals surface area (Å²) in [7, 11) is 3.26. The number of hydrogen-bond donors (Lipinski definition) is 0. The first-order valence-electron chi connectivity index (χ1n) is 10.2. The fourth-order valence-corrected chi connectivity index (χ4v) is 4.49. The van der Waals surface area contributed by atoms with Crippen LogP contribution < -0.4 is 14.2 Å². The molecule has 0 unspecified atom stereocenters. The highest BCUT2D eigenvalue weighted by atomic mass is 16.5. The van der Waals surface area contributed by atoms with Gasteiger partial charge < -0.3 is 18.6 Å². The standard InChI is InChI=1S/C24H24N2O5/c1-28-18-10-16(11-19(12-18)29-2)13-25-23-17(15-31-21-7-4-3-6-20(21)23)14-26(25)24(27)22-8-5-9-30-22/h3-12,17,23H,13-15H2,1-2H3/t17-,23-/m1/s1. The fourth-order valence-electron chi connectivity index (χ4n) is 4.49. The van der Waals surface area contributed by atoms with E-state index in [2.05, 4.69) is 11.1 Å². The Hall–Kier alpha value is -3.45. The smallest absolute Gasteiger partial charge is 0.303 e. The zero-order chi connectivity index (χ0) is 21.4. The van der Waals surface area contributed by atoms with Crippen LogP contribution in [-0.4, -0.2) is 43.3 Å². The van der Waals surface area contributed by atoms with Crippen molar-refractivity contribution in [1.82, 2.24) is 10.0 Å². The topological polar surface area (TPSA) is 64.4 Å². The van der Waals surface area contributed by atoms with Crippen LogP contribution in [0.2, 0.25) is 0 Å². The van der Waals surface area contributed by atoms with E-state index in [-0.39, 0.29) is 17.9 Å². The van der Waals surface area contributed by atoms with Crippen molar-refractivity contribution >= 4 is 5.91 Å². The second-order valence-corrected chi connectivity index (χ2v) is 7.74. The molecule has 1 saturated heterocycles. The van der Waals surface area contributed by atoms with Crippen molar-refractivity contribution in [3.63, 3.8) is 0 Å². The molecule has 1 aromatic heterocycles. The van der Waals surface area contributed by atoms with Crippen molar-refractivity contribution < 1.29 is 23.4 Å². The number of nitrogens with zero attached hydrogens (tertiary/aromatic N) is 2. The Morgan fingerprint density at radius 3 is 2.55 bits per heavy atom. The Kier molecular flexibility index (Phi) is 5.03. The van der Waals surface area contributed by atoms with E-state index in [0.29, 0.717) is 37.0 Å². The van der Waals surface area contributed by atoms with Crippen LogP contribution in [0.3, 0.4) is 0 Å². The molecule has 3 aromatic rings. The molecular weight excluding hydrogens is 396 g/mol. The highest BCUT2D eigenvalue weighted by molar-refractivity contribution is 5.91. The van der Waals surface area contributed by atoms with Gasteiger partial charge in [0.2, 0.25) is 0 Å². The molecule has 0 saturated carbocycles. The van der Waals surface area contributed by atoms with Crippen molar-refractivity contribution in [2.24, 2.45) is 5.92 Å². The van der Waals surface area contributed by atoms with Gasteiger partial charge in [0, 0.05) is 30.6 Å². The Morgan fingerprint density at radius 2 is 1.84 bits per heavy atom. The first-order chi connectivity index (χ1) is 15.2. The molecule has 7 nitrogen and oxygen atoms in total. The van der Waals surface area contributed by atoms with E-state index < -0.39 is 0 Å². The van der Waals surface area contributed by atoms with Crippen LogP contribution in [0.4, 0.5) is 0 Å². The lowest BCUT2D eigenvalue weighted by molar-refractivity contribution is -0.00814. The molecule has 1 fully saturated rings. The lowest BCUT2D eigenvalue weighted by Crippen LogP contribution is -2.41. The van der Waals surface area contributed by atoms with Gasteiger partial charge >= 0.3 is 5.91 Å². The second-order valence-electron chi connectivity index (χ2n) is 7.74. The molecule has 2 aliphatic heterocycles. The van der Waals surface area contributed by atoms with E-state index in [0.717, 1.165) is 16.9 Å². The number of carbonyl (C=O) groups excluding carboxylic acids is 1. The summed E-state index contributed by atoms with van der Waals surface area (Å²) >= 11 is 0. The molecule has 0 bridgehead atoms. The van der Waals surface area contributed by atoms with Gasteiger partial charge in [0.25, 0.3) is 0 Å². The predicted octanol–water partition coefficient (Wildman–Crippen LogP) is 3.92. The molecule has 31 heavy (non-hydrogen) atoms. The van der Waals surface area contributed by atoms with Crippen LogP contribution >= 0.6 is 0 Å². The van der Waals surface area contributed by atoms with Crippen molar-refractivity contribution in [3.8, 4) is 17.2 Å². The predicted molar refractivity (Wildman–Crippen MR) is 113 cm³/mol. The largest absolute Gasteiger partial charge is 0.497 e. The molecule has 1 amide bonds. The van der Waals surface area contributed by atoms with Crippen molar-refractivity contribution in [2.75, 3.05) is 27.4 Å². The third-order valence-electron chi connectivity index (χ3n) is 5.90. The number of rotatable bonds is 5. The molecule has 0 N–H and O–H groups in total. The van der Waals surface area contributed by atoms with E-state index in [1.165, 1.54) is 6.26 Å². The number of fused-ring (bicyclic) bond motifs is 3. The third-order valence-corrected chi connectivity index (χ3v) is 5.90. The molecule has 5 rings (SSSR count). The quantitative estimate of drug-likeness (QED) is 0.623. The van der Waals surface area contributed by atoms with Gasteiger partial charge in [-0.15, -0.1) is 0 Å². The average molecular weight is 420 g/mol. The second kappa shape index (κ2) is 8.00. The van der Waals surface area contributed by atoms with Crippen LogP contribution in [0, 0.1) is 5.92 Å². The van der Waals surface area contributed by atoms with Gasteiger partial charge in [-0.25, -0.2) is 5.01 Å². The highest BCUT2D eigenvalue weighted by Crippen LogP contribution is 2.45. The summed E-state index contributed by atoms with van der Waals surface area (Å²) in [4.78, 5) is 13.3. The number of furan rings is 1. The Morgan fingerprint density at radius 1 is 1.06 bits per heavy atom. The zero-order valence-electron chi connectivity index (χ0n) is 17.5. The van der Waals surface area contributed by atoms with Crippen LogP contribution in [0.1, 0.15) is 27.7 Å². The average Bonchev–Trinajstić information content (AvgIpc) is 3.47. The molecule has 160 valence electrons. The van der Waals surface area contributed by atoms with Crippen molar-refractivity contribution in [2.45, 2.75) is 12.6 Å². The number of para-hydroxylation sites is 1. The summed E-state index contributed by atoms with van der Waals surface area (Å²) in [6.45, 7) is 1.62. The van der Waals surface area contributed by atoms with Gasteiger partial charge in [0.1, 0.15) is 17.2 Å². The van der Waals surface area contributed by atoms with Gasteiger partial charge in [-0.05, 0) is 35.9 Å². The maximum Gasteiger partial charge on any atom is 0.303 e. The highest BCUT2D eigenvalue weighted by Gasteiger charge is 2.47. The summed E-state index contributed by atoms with van der Waals surface area (Å²) in [6.07, 6.45) is 1.52. The minimum atomic E-state index is -0.160. The van der Waals surface area contributed by atoms with Crippen molar-refractivity contribution in [3.05, 3.63) is 77.7 Å². The number of amides is 1. The van der Waals surface area contributed by atoms with E-state index in [9.17, 15) is 4.79 Å². The maximum absolute atomic E-state index is 13.3. The van der Waals surface area contributed by atoms with E-state index in [1.807, 2.05) is 36.4 Å². The molecule has 0 aliphatic carbocycles. The van der Waals surface area contributed by atoms with Gasteiger partial charge in [-0.1, -0.05) is 18.2 Å². The molecule has 0 radical (unpaired) electrons. The van der Waals surface area contributed by atoms with Gasteiger partial charge in [-0.3, -0.25) is 9.80 Å². The lowest BCUT2D eigenvalue weighted by atomic mass is 9.91. The van der Waals surface area contributed by atoms with E-state index in [4.69, 9.17) is 18.6 Å². The number of carbonyl (C=O) groups is 1. The molecule has 0 spiro atoms. The SMILES string of the molecule is COc1cc(CN2[C@H]3c4ccccc4OC[C@H]3CN2C(=O)c2ccco2)cc(OC)c1. The Bertz CT molecular complexity index is 1060. The van der Waals surface area contributed by atoms with Gasteiger partial charge in [0.05, 0.1) is 33.1 Å². The van der Waals surface area contributed by atoms with E-state index >= 15 is 0 Å². The monoisotopic (exact) mass is 420 g/mol. The fraction of sp³-hybridized carbons (Fsp3) is 0.292. The van der Waals surface area contributed by atoms with E-state index in [1.54, 1.807) is 31.4 Å². The number of hydrogen-bond acceptors (Lipinski definition) is 6. The molecule has 2 aliphatic rings. The van der Waals surface area contributed by atoms with Gasteiger partial charge in [0.15, 0.2) is 5.76 Å². The zero-order valence-corrected chi connectivity index (χ0v) is 17.5. The lowest BCUT2D eigenvalue weighted by Gasteiger charge is -2.35. The minimum Gasteiger partial charge on any atom is -0.497 e. The molecule has 2 atom stereocenters. The minimum absolute atomic E-state index is 0.0149. The molecule has 2 aromatic carbocycles. The summed E-state index contributed by atoms with van der Waals surface area (Å²) < 4.78 is 22.3. The summed E-state index contributed by atoms with van der Waals surface area (Å²) in [5, 5.41) is 3.90. The van der Waals surface area contributed by atoms with Crippen LogP contribution in [0.25, 0.3) is 0 Å².